The molecule has 0 aliphatic carbocycles. The fourth-order valence-electron chi connectivity index (χ4n) is 1.35. The molecule has 17 heavy (non-hydrogen) atoms. The normalized spacial score (nSPS) is 13.2. The van der Waals surface area contributed by atoms with Crippen molar-refractivity contribution in [1.82, 2.24) is 10.3 Å². The van der Waals surface area contributed by atoms with Gasteiger partial charge in [-0.05, 0) is 39.3 Å². The van der Waals surface area contributed by atoms with E-state index in [0.717, 1.165) is 5.56 Å². The number of hydrogen-bond donors (Lipinski definition) is 2. The summed E-state index contributed by atoms with van der Waals surface area (Å²) in [4.78, 5) is 4.14. The third-order valence-electron chi connectivity index (χ3n) is 2.39. The van der Waals surface area contributed by atoms with Crippen molar-refractivity contribution in [3.05, 3.63) is 29.1 Å². The Kier molecular flexibility index (Phi) is 4.22. The molecule has 0 saturated carbocycles. The summed E-state index contributed by atoms with van der Waals surface area (Å²) in [6.45, 7) is 8.34. The largest absolute Gasteiger partial charge is 0.385 e. The van der Waals surface area contributed by atoms with Crippen molar-refractivity contribution in [1.29, 1.82) is 5.26 Å². The third kappa shape index (κ3) is 4.14. The van der Waals surface area contributed by atoms with E-state index in [1.54, 1.807) is 12.1 Å². The van der Waals surface area contributed by atoms with Crippen LogP contribution in [0.5, 0.6) is 0 Å². The highest BCUT2D eigenvalue weighted by Gasteiger charge is 2.15. The van der Waals surface area contributed by atoms with Crippen LogP contribution in [0.2, 0.25) is 0 Å². The first-order valence-corrected chi connectivity index (χ1v) is 5.64. The second-order valence-corrected chi connectivity index (χ2v) is 5.16. The highest BCUT2D eigenvalue weighted by molar-refractivity contribution is 5.31. The second-order valence-electron chi connectivity index (χ2n) is 5.16. The molecule has 0 fully saturated rings. The average molecular weight is 233 g/mol. The minimum Gasteiger partial charge on any atom is -0.385 e. The van der Waals surface area contributed by atoms with Crippen molar-refractivity contribution in [3.8, 4) is 6.07 Å². The maximum Gasteiger partial charge on any atom is 0.143 e. The minimum absolute atomic E-state index is 0.0518. The van der Waals surface area contributed by atoms with E-state index in [1.807, 2.05) is 33.8 Å². The Morgan fingerprint density at radius 1 is 1.47 bits per heavy atom. The summed E-state index contributed by atoms with van der Waals surface area (Å²) in [6, 6.07) is 5.58. The molecular formula is C13H19N3O. The molecule has 1 aromatic heterocycles. The van der Waals surface area contributed by atoms with Gasteiger partial charge < -0.3 is 10.4 Å². The van der Waals surface area contributed by atoms with Crippen LogP contribution in [0.4, 0.5) is 0 Å². The van der Waals surface area contributed by atoms with E-state index < -0.39 is 6.10 Å². The van der Waals surface area contributed by atoms with Gasteiger partial charge in [-0.3, -0.25) is 0 Å². The van der Waals surface area contributed by atoms with Gasteiger partial charge >= 0.3 is 0 Å². The van der Waals surface area contributed by atoms with Gasteiger partial charge in [0, 0.05) is 12.1 Å². The Bertz CT molecular complexity index is 429. The zero-order valence-corrected chi connectivity index (χ0v) is 10.8. The van der Waals surface area contributed by atoms with Crippen LogP contribution in [0.25, 0.3) is 0 Å². The lowest BCUT2D eigenvalue weighted by atomic mass is 10.1. The Hall–Kier alpha value is -1.44. The maximum absolute atomic E-state index is 9.96. The molecule has 2 N–H and O–H groups in total. The number of nitrogens with one attached hydrogen (secondary N) is 1. The van der Waals surface area contributed by atoms with Crippen molar-refractivity contribution >= 4 is 0 Å². The van der Waals surface area contributed by atoms with Crippen LogP contribution in [-0.4, -0.2) is 22.2 Å². The first-order valence-electron chi connectivity index (χ1n) is 5.64. The molecule has 0 unspecified atom stereocenters. The van der Waals surface area contributed by atoms with Crippen LogP contribution < -0.4 is 5.32 Å². The zero-order valence-electron chi connectivity index (χ0n) is 10.8. The quantitative estimate of drug-likeness (QED) is 0.833. The van der Waals surface area contributed by atoms with E-state index >= 15 is 0 Å². The van der Waals surface area contributed by atoms with Gasteiger partial charge in [0.1, 0.15) is 17.9 Å². The molecule has 92 valence electrons. The first-order chi connectivity index (χ1) is 7.83. The molecule has 0 aliphatic rings. The van der Waals surface area contributed by atoms with Gasteiger partial charge in [-0.15, -0.1) is 0 Å². The SMILES string of the molecule is Cc1ccc([C@H](O)CNC(C)(C)C)nc1C#N. The van der Waals surface area contributed by atoms with Gasteiger partial charge in [0.15, 0.2) is 0 Å². The Labute approximate surface area is 102 Å². The minimum atomic E-state index is -0.693. The summed E-state index contributed by atoms with van der Waals surface area (Å²) in [7, 11) is 0. The van der Waals surface area contributed by atoms with Crippen molar-refractivity contribution in [2.45, 2.75) is 39.3 Å². The van der Waals surface area contributed by atoms with E-state index in [0.29, 0.717) is 17.9 Å². The monoisotopic (exact) mass is 233 g/mol. The summed E-state index contributed by atoms with van der Waals surface area (Å²) in [5.74, 6) is 0. The number of hydrogen-bond acceptors (Lipinski definition) is 4. The number of nitrogens with zero attached hydrogens (tertiary/aromatic N) is 2. The first kappa shape index (κ1) is 13.6. The molecule has 0 aromatic carbocycles. The fraction of sp³-hybridized carbons (Fsp3) is 0.538. The smallest absolute Gasteiger partial charge is 0.143 e. The standard InChI is InChI=1S/C13H19N3O/c1-9-5-6-10(16-11(9)7-14)12(17)8-15-13(2,3)4/h5-6,12,15,17H,8H2,1-4H3/t12-/m1/s1. The molecule has 0 amide bonds. The summed E-state index contributed by atoms with van der Waals surface area (Å²) in [5.41, 5.74) is 1.68. The van der Waals surface area contributed by atoms with E-state index in [1.165, 1.54) is 0 Å². The highest BCUT2D eigenvalue weighted by Crippen LogP contribution is 2.13. The van der Waals surface area contributed by atoms with Gasteiger partial charge in [-0.25, -0.2) is 4.98 Å². The van der Waals surface area contributed by atoms with Crippen LogP contribution >= 0.6 is 0 Å². The number of pyridine rings is 1. The lowest BCUT2D eigenvalue weighted by Gasteiger charge is -2.22. The summed E-state index contributed by atoms with van der Waals surface area (Å²) in [5, 5.41) is 22.0. The molecule has 1 rings (SSSR count). The molecule has 0 saturated heterocycles. The predicted octanol–water partition coefficient (Wildman–Crippen LogP) is 1.68. The van der Waals surface area contributed by atoms with Crippen LogP contribution in [0.3, 0.4) is 0 Å². The molecule has 4 heteroatoms. The summed E-state index contributed by atoms with van der Waals surface area (Å²) < 4.78 is 0. The topological polar surface area (TPSA) is 68.9 Å². The molecule has 0 bridgehead atoms. The second kappa shape index (κ2) is 5.26. The predicted molar refractivity (Wildman–Crippen MR) is 66.4 cm³/mol. The van der Waals surface area contributed by atoms with Crippen LogP contribution in [0.1, 0.15) is 43.8 Å². The molecule has 0 aliphatic heterocycles. The average Bonchev–Trinajstić information content (AvgIpc) is 2.25. The number of nitriles is 1. The van der Waals surface area contributed by atoms with Crippen LogP contribution in [0, 0.1) is 18.3 Å². The number of aliphatic hydroxyl groups is 1. The van der Waals surface area contributed by atoms with Gasteiger partial charge in [0.05, 0.1) is 5.69 Å². The van der Waals surface area contributed by atoms with Crippen molar-refractivity contribution in [2.24, 2.45) is 0 Å². The Balaban J connectivity index is 2.77. The van der Waals surface area contributed by atoms with Gasteiger partial charge in [0.25, 0.3) is 0 Å². The van der Waals surface area contributed by atoms with E-state index in [2.05, 4.69) is 10.3 Å². The van der Waals surface area contributed by atoms with Crippen molar-refractivity contribution < 1.29 is 5.11 Å². The lowest BCUT2D eigenvalue weighted by Crippen LogP contribution is -2.38. The number of rotatable bonds is 3. The number of β-amino-alcohol motifs (C(OH)–C–C–N with tert-alkyl or cyclic N) is 1. The van der Waals surface area contributed by atoms with Gasteiger partial charge in [0.2, 0.25) is 0 Å². The number of aromatic nitrogens is 1. The summed E-state index contributed by atoms with van der Waals surface area (Å²) >= 11 is 0. The van der Waals surface area contributed by atoms with Crippen LogP contribution in [0.15, 0.2) is 12.1 Å². The van der Waals surface area contributed by atoms with Gasteiger partial charge in [-0.1, -0.05) is 6.07 Å². The molecule has 1 heterocycles. The van der Waals surface area contributed by atoms with Crippen LogP contribution in [-0.2, 0) is 0 Å². The Morgan fingerprint density at radius 2 is 2.12 bits per heavy atom. The fourth-order valence-corrected chi connectivity index (χ4v) is 1.35. The number of aliphatic hydroxyl groups excluding tert-OH is 1. The van der Waals surface area contributed by atoms with E-state index in [4.69, 9.17) is 5.26 Å². The zero-order chi connectivity index (χ0) is 13.1. The number of aryl methyl sites for hydroxylation is 1. The van der Waals surface area contributed by atoms with E-state index in [9.17, 15) is 5.11 Å². The van der Waals surface area contributed by atoms with E-state index in [-0.39, 0.29) is 5.54 Å². The van der Waals surface area contributed by atoms with Crippen molar-refractivity contribution in [3.63, 3.8) is 0 Å². The third-order valence-corrected chi connectivity index (χ3v) is 2.39. The molecule has 0 radical (unpaired) electrons. The molecule has 4 nitrogen and oxygen atoms in total. The maximum atomic E-state index is 9.96. The lowest BCUT2D eigenvalue weighted by molar-refractivity contribution is 0.159. The van der Waals surface area contributed by atoms with Crippen molar-refractivity contribution in [2.75, 3.05) is 6.54 Å². The molecular weight excluding hydrogens is 214 g/mol. The van der Waals surface area contributed by atoms with Gasteiger partial charge in [-0.2, -0.15) is 5.26 Å². The molecule has 1 aromatic rings. The molecule has 0 spiro atoms. The highest BCUT2D eigenvalue weighted by atomic mass is 16.3. The summed E-state index contributed by atoms with van der Waals surface area (Å²) in [6.07, 6.45) is -0.693. The molecule has 1 atom stereocenters. The Morgan fingerprint density at radius 3 is 2.65 bits per heavy atom.